The van der Waals surface area contributed by atoms with E-state index in [1.54, 1.807) is 17.9 Å². The Bertz CT molecular complexity index is 470. The second-order valence-electron chi connectivity index (χ2n) is 4.25. The third-order valence-corrected chi connectivity index (χ3v) is 2.79. The first-order chi connectivity index (χ1) is 9.49. The molecule has 0 bridgehead atoms. The molecule has 0 aliphatic rings. The lowest BCUT2D eigenvalue weighted by atomic mass is 10.3. The molecule has 7 nitrogen and oxygen atoms in total. The SMILES string of the molecule is CCOCCN(CC)C(=O)Nc1cc(C)[nH]c1C(=O)O. The van der Waals surface area contributed by atoms with Gasteiger partial charge < -0.3 is 25.0 Å². The van der Waals surface area contributed by atoms with Gasteiger partial charge in [-0.1, -0.05) is 0 Å². The number of nitrogens with zero attached hydrogens (tertiary/aromatic N) is 1. The van der Waals surface area contributed by atoms with E-state index in [9.17, 15) is 9.59 Å². The van der Waals surface area contributed by atoms with Crippen molar-refractivity contribution >= 4 is 17.7 Å². The van der Waals surface area contributed by atoms with Crippen LogP contribution in [0.3, 0.4) is 0 Å². The van der Waals surface area contributed by atoms with Crippen LogP contribution >= 0.6 is 0 Å². The summed E-state index contributed by atoms with van der Waals surface area (Å²) in [5.41, 5.74) is 0.932. The Balaban J connectivity index is 2.70. The summed E-state index contributed by atoms with van der Waals surface area (Å²) in [4.78, 5) is 27.4. The number of rotatable bonds is 7. The first kappa shape index (κ1) is 16.0. The predicted octanol–water partition coefficient (Wildman–Crippen LogP) is 1.91. The number of anilines is 1. The Morgan fingerprint density at radius 2 is 2.15 bits per heavy atom. The van der Waals surface area contributed by atoms with E-state index in [0.29, 0.717) is 32.0 Å². The fraction of sp³-hybridized carbons (Fsp3) is 0.538. The van der Waals surface area contributed by atoms with E-state index in [-0.39, 0.29) is 17.4 Å². The largest absolute Gasteiger partial charge is 0.477 e. The lowest BCUT2D eigenvalue weighted by Crippen LogP contribution is -2.37. The van der Waals surface area contributed by atoms with Gasteiger partial charge in [-0.05, 0) is 26.8 Å². The molecule has 1 aromatic rings. The molecule has 0 atom stereocenters. The standard InChI is InChI=1S/C13H21N3O4/c1-4-16(6-7-20-5-2)13(19)15-10-8-9(3)14-11(10)12(17)18/h8,14H,4-7H2,1-3H3,(H,15,19)(H,17,18). The number of aromatic nitrogens is 1. The highest BCUT2D eigenvalue weighted by Gasteiger charge is 2.18. The van der Waals surface area contributed by atoms with Crippen molar-refractivity contribution in [3.05, 3.63) is 17.5 Å². The Morgan fingerprint density at radius 1 is 1.45 bits per heavy atom. The van der Waals surface area contributed by atoms with Gasteiger partial charge in [-0.2, -0.15) is 0 Å². The quantitative estimate of drug-likeness (QED) is 0.666. The number of carbonyl (C=O) groups excluding carboxylic acids is 1. The molecule has 0 saturated carbocycles. The summed E-state index contributed by atoms with van der Waals surface area (Å²) in [6.45, 7) is 7.50. The number of urea groups is 1. The van der Waals surface area contributed by atoms with Crippen LogP contribution in [0.5, 0.6) is 0 Å². The maximum Gasteiger partial charge on any atom is 0.354 e. The number of hydrogen-bond donors (Lipinski definition) is 3. The lowest BCUT2D eigenvalue weighted by molar-refractivity contribution is 0.0692. The van der Waals surface area contributed by atoms with Gasteiger partial charge in [0.15, 0.2) is 0 Å². The van der Waals surface area contributed by atoms with Gasteiger partial charge in [-0.25, -0.2) is 9.59 Å². The summed E-state index contributed by atoms with van der Waals surface area (Å²) in [6, 6.07) is 1.26. The fourth-order valence-electron chi connectivity index (χ4n) is 1.77. The van der Waals surface area contributed by atoms with E-state index in [4.69, 9.17) is 9.84 Å². The smallest absolute Gasteiger partial charge is 0.354 e. The normalized spacial score (nSPS) is 10.3. The number of likely N-dealkylation sites (N-methyl/N-ethyl adjacent to an activating group) is 1. The third-order valence-electron chi connectivity index (χ3n) is 2.79. The molecule has 0 spiro atoms. The van der Waals surface area contributed by atoms with Crippen LogP contribution in [0.25, 0.3) is 0 Å². The highest BCUT2D eigenvalue weighted by atomic mass is 16.5. The molecule has 3 N–H and O–H groups in total. The number of carbonyl (C=O) groups is 2. The molecule has 1 aromatic heterocycles. The number of nitrogens with one attached hydrogen (secondary N) is 2. The van der Waals surface area contributed by atoms with Gasteiger partial charge >= 0.3 is 12.0 Å². The zero-order valence-corrected chi connectivity index (χ0v) is 12.0. The van der Waals surface area contributed by atoms with Crippen LogP contribution in [-0.4, -0.2) is 53.3 Å². The molecule has 0 radical (unpaired) electrons. The average molecular weight is 283 g/mol. The van der Waals surface area contributed by atoms with Crippen LogP contribution in [0.1, 0.15) is 30.0 Å². The number of ether oxygens (including phenoxy) is 1. The molecule has 0 aliphatic carbocycles. The molecule has 20 heavy (non-hydrogen) atoms. The van der Waals surface area contributed by atoms with Crippen molar-refractivity contribution in [1.29, 1.82) is 0 Å². The lowest BCUT2D eigenvalue weighted by Gasteiger charge is -2.21. The number of aromatic amines is 1. The Labute approximate surface area is 117 Å². The number of aromatic carboxylic acids is 1. The Hall–Kier alpha value is -2.02. The van der Waals surface area contributed by atoms with Crippen LogP contribution in [-0.2, 0) is 4.74 Å². The number of H-pyrrole nitrogens is 1. The van der Waals surface area contributed by atoms with Gasteiger partial charge in [-0.3, -0.25) is 0 Å². The fourth-order valence-corrected chi connectivity index (χ4v) is 1.77. The van der Waals surface area contributed by atoms with Gasteiger partial charge in [-0.15, -0.1) is 0 Å². The molecule has 1 rings (SSSR count). The summed E-state index contributed by atoms with van der Waals surface area (Å²) in [6.07, 6.45) is 0. The summed E-state index contributed by atoms with van der Waals surface area (Å²) in [5, 5.41) is 11.7. The average Bonchev–Trinajstić information content (AvgIpc) is 2.75. The maximum atomic E-state index is 12.1. The molecule has 0 unspecified atom stereocenters. The van der Waals surface area contributed by atoms with Crippen molar-refractivity contribution in [3.8, 4) is 0 Å². The number of carboxylic acid groups (broad SMARTS) is 1. The maximum absolute atomic E-state index is 12.1. The minimum absolute atomic E-state index is 0.0169. The van der Waals surface area contributed by atoms with Gasteiger partial charge in [0.2, 0.25) is 0 Å². The van der Waals surface area contributed by atoms with Crippen LogP contribution < -0.4 is 5.32 Å². The van der Waals surface area contributed by atoms with Crippen molar-refractivity contribution < 1.29 is 19.4 Å². The topological polar surface area (TPSA) is 94.7 Å². The van der Waals surface area contributed by atoms with E-state index in [1.807, 2.05) is 13.8 Å². The summed E-state index contributed by atoms with van der Waals surface area (Å²) in [5.74, 6) is -1.11. The van der Waals surface area contributed by atoms with Crippen molar-refractivity contribution in [3.63, 3.8) is 0 Å². The first-order valence-corrected chi connectivity index (χ1v) is 6.56. The molecule has 112 valence electrons. The zero-order valence-electron chi connectivity index (χ0n) is 12.0. The van der Waals surface area contributed by atoms with E-state index in [1.165, 1.54) is 0 Å². The number of hydrogen-bond acceptors (Lipinski definition) is 3. The van der Waals surface area contributed by atoms with Crippen molar-refractivity contribution in [1.82, 2.24) is 9.88 Å². The number of amides is 2. The Kier molecular flexibility index (Phi) is 6.05. The molecule has 0 saturated heterocycles. The van der Waals surface area contributed by atoms with Crippen LogP contribution in [0.2, 0.25) is 0 Å². The number of aryl methyl sites for hydroxylation is 1. The van der Waals surface area contributed by atoms with Gasteiger partial charge in [0.1, 0.15) is 5.69 Å². The van der Waals surface area contributed by atoms with E-state index in [2.05, 4.69) is 10.3 Å². The first-order valence-electron chi connectivity index (χ1n) is 6.56. The molecule has 0 fully saturated rings. The van der Waals surface area contributed by atoms with Crippen LogP contribution in [0.4, 0.5) is 10.5 Å². The molecular formula is C13H21N3O4. The summed E-state index contributed by atoms with van der Waals surface area (Å²) >= 11 is 0. The second kappa shape index (κ2) is 7.54. The van der Waals surface area contributed by atoms with Gasteiger partial charge in [0.05, 0.1) is 12.3 Å². The van der Waals surface area contributed by atoms with Gasteiger partial charge in [0.25, 0.3) is 0 Å². The molecule has 1 heterocycles. The Morgan fingerprint density at radius 3 is 2.70 bits per heavy atom. The molecule has 0 aromatic carbocycles. The summed E-state index contributed by atoms with van der Waals surface area (Å²) in [7, 11) is 0. The highest BCUT2D eigenvalue weighted by molar-refractivity contribution is 5.99. The zero-order chi connectivity index (χ0) is 15.1. The number of carboxylic acids is 1. The van der Waals surface area contributed by atoms with Crippen molar-refractivity contribution in [2.24, 2.45) is 0 Å². The monoisotopic (exact) mass is 283 g/mol. The molecular weight excluding hydrogens is 262 g/mol. The molecule has 0 aliphatic heterocycles. The highest BCUT2D eigenvalue weighted by Crippen LogP contribution is 2.17. The van der Waals surface area contributed by atoms with E-state index >= 15 is 0 Å². The van der Waals surface area contributed by atoms with E-state index in [0.717, 1.165) is 0 Å². The van der Waals surface area contributed by atoms with Gasteiger partial charge in [0, 0.05) is 25.4 Å². The third kappa shape index (κ3) is 4.27. The molecule has 2 amide bonds. The predicted molar refractivity (Wildman–Crippen MR) is 75.2 cm³/mol. The minimum atomic E-state index is -1.11. The van der Waals surface area contributed by atoms with Crippen LogP contribution in [0.15, 0.2) is 6.07 Å². The van der Waals surface area contributed by atoms with E-state index < -0.39 is 5.97 Å². The van der Waals surface area contributed by atoms with Crippen molar-refractivity contribution in [2.75, 3.05) is 31.6 Å². The molecule has 7 heteroatoms. The van der Waals surface area contributed by atoms with Crippen LogP contribution in [0, 0.1) is 6.92 Å². The summed E-state index contributed by atoms with van der Waals surface area (Å²) < 4.78 is 5.21. The van der Waals surface area contributed by atoms with Crippen molar-refractivity contribution in [2.45, 2.75) is 20.8 Å². The second-order valence-corrected chi connectivity index (χ2v) is 4.25. The minimum Gasteiger partial charge on any atom is -0.477 e.